The van der Waals surface area contributed by atoms with Gasteiger partial charge in [-0.3, -0.25) is 4.79 Å². The van der Waals surface area contributed by atoms with Gasteiger partial charge in [0.15, 0.2) is 5.65 Å². The van der Waals surface area contributed by atoms with Crippen molar-refractivity contribution in [2.75, 3.05) is 0 Å². The van der Waals surface area contributed by atoms with Gasteiger partial charge in [-0.15, -0.1) is 5.10 Å². The van der Waals surface area contributed by atoms with Crippen molar-refractivity contribution in [1.82, 2.24) is 25.4 Å². The van der Waals surface area contributed by atoms with Crippen LogP contribution in [-0.4, -0.2) is 32.0 Å². The summed E-state index contributed by atoms with van der Waals surface area (Å²) in [5, 5.41) is 14.3. The van der Waals surface area contributed by atoms with E-state index in [1.807, 2.05) is 0 Å². The quantitative estimate of drug-likeness (QED) is 0.908. The molecule has 1 aliphatic carbocycles. The lowest BCUT2D eigenvalue weighted by molar-refractivity contribution is 0.0930. The highest BCUT2D eigenvalue weighted by Crippen LogP contribution is 2.17. The Morgan fingerprint density at radius 1 is 1.15 bits per heavy atom. The normalized spacial score (nSPS) is 17.6. The molecule has 2 aromatic rings. The van der Waals surface area contributed by atoms with Gasteiger partial charge in [0.1, 0.15) is 0 Å². The number of rotatable bonds is 2. The zero-order valence-electron chi connectivity index (χ0n) is 11.5. The first-order valence-electron chi connectivity index (χ1n) is 7.31. The molecular weight excluding hydrogens is 254 g/mol. The Balaban J connectivity index is 1.67. The van der Waals surface area contributed by atoms with Crippen LogP contribution in [0.2, 0.25) is 0 Å². The molecule has 6 nitrogen and oxygen atoms in total. The van der Waals surface area contributed by atoms with E-state index in [0.29, 0.717) is 17.3 Å². The molecule has 1 fully saturated rings. The second kappa shape index (κ2) is 5.98. The number of pyridine rings is 1. The zero-order valence-corrected chi connectivity index (χ0v) is 11.5. The molecule has 1 aliphatic rings. The Morgan fingerprint density at radius 3 is 2.70 bits per heavy atom. The summed E-state index contributed by atoms with van der Waals surface area (Å²) in [5.74, 6) is -0.0343. The van der Waals surface area contributed by atoms with E-state index in [9.17, 15) is 4.79 Å². The zero-order chi connectivity index (χ0) is 13.8. The van der Waals surface area contributed by atoms with Crippen molar-refractivity contribution in [2.24, 2.45) is 0 Å². The SMILES string of the molecule is O=C(NC1CCCCCCC1)c1ccc2nnnn2c1. The largest absolute Gasteiger partial charge is 0.349 e. The van der Waals surface area contributed by atoms with Crippen molar-refractivity contribution in [3.8, 4) is 0 Å². The lowest BCUT2D eigenvalue weighted by Gasteiger charge is -2.21. The summed E-state index contributed by atoms with van der Waals surface area (Å²) in [4.78, 5) is 12.3. The molecule has 0 radical (unpaired) electrons. The van der Waals surface area contributed by atoms with Gasteiger partial charge in [0, 0.05) is 12.2 Å². The van der Waals surface area contributed by atoms with Gasteiger partial charge in [-0.1, -0.05) is 32.1 Å². The van der Waals surface area contributed by atoms with E-state index in [2.05, 4.69) is 20.8 Å². The highest BCUT2D eigenvalue weighted by atomic mass is 16.1. The maximum absolute atomic E-state index is 12.3. The van der Waals surface area contributed by atoms with Crippen LogP contribution in [0.3, 0.4) is 0 Å². The molecule has 1 amide bonds. The fourth-order valence-electron chi connectivity index (χ4n) is 2.74. The summed E-state index contributed by atoms with van der Waals surface area (Å²) >= 11 is 0. The first kappa shape index (κ1) is 13.0. The molecule has 1 N–H and O–H groups in total. The molecule has 0 spiro atoms. The van der Waals surface area contributed by atoms with Crippen LogP contribution >= 0.6 is 0 Å². The van der Waals surface area contributed by atoms with Gasteiger partial charge in [-0.2, -0.15) is 4.52 Å². The van der Waals surface area contributed by atoms with Crippen molar-refractivity contribution in [3.05, 3.63) is 23.9 Å². The number of amides is 1. The standard InChI is InChI=1S/C14H19N5O/c20-14(15-12-6-4-2-1-3-5-7-12)11-8-9-13-16-17-18-19(13)10-11/h8-10,12H,1-7H2,(H,15,20). The molecule has 20 heavy (non-hydrogen) atoms. The summed E-state index contributed by atoms with van der Waals surface area (Å²) in [6.07, 6.45) is 10.1. The van der Waals surface area contributed by atoms with E-state index in [1.165, 1.54) is 36.6 Å². The van der Waals surface area contributed by atoms with E-state index in [0.717, 1.165) is 12.8 Å². The average Bonchev–Trinajstić information content (AvgIpc) is 2.88. The van der Waals surface area contributed by atoms with E-state index < -0.39 is 0 Å². The van der Waals surface area contributed by atoms with E-state index in [4.69, 9.17) is 0 Å². The fraction of sp³-hybridized carbons (Fsp3) is 0.571. The van der Waals surface area contributed by atoms with Gasteiger partial charge in [0.25, 0.3) is 5.91 Å². The van der Waals surface area contributed by atoms with E-state index in [1.54, 1.807) is 18.3 Å². The second-order valence-corrected chi connectivity index (χ2v) is 5.41. The molecule has 3 rings (SSSR count). The molecule has 0 bridgehead atoms. The summed E-state index contributed by atoms with van der Waals surface area (Å²) in [5.41, 5.74) is 1.25. The van der Waals surface area contributed by atoms with Crippen LogP contribution in [0, 0.1) is 0 Å². The van der Waals surface area contributed by atoms with E-state index >= 15 is 0 Å². The van der Waals surface area contributed by atoms with Crippen molar-refractivity contribution in [1.29, 1.82) is 0 Å². The summed E-state index contributed by atoms with van der Waals surface area (Å²) in [6.45, 7) is 0. The maximum atomic E-state index is 12.3. The van der Waals surface area contributed by atoms with Gasteiger partial charge >= 0.3 is 0 Å². The van der Waals surface area contributed by atoms with Gasteiger partial charge in [0.05, 0.1) is 5.56 Å². The van der Waals surface area contributed by atoms with Crippen LogP contribution in [0.5, 0.6) is 0 Å². The fourth-order valence-corrected chi connectivity index (χ4v) is 2.74. The number of fused-ring (bicyclic) bond motifs is 1. The predicted molar refractivity (Wildman–Crippen MR) is 74.4 cm³/mol. The first-order valence-corrected chi connectivity index (χ1v) is 7.31. The number of tetrazole rings is 1. The third-order valence-corrected chi connectivity index (χ3v) is 3.89. The van der Waals surface area contributed by atoms with Crippen LogP contribution in [-0.2, 0) is 0 Å². The molecule has 6 heteroatoms. The van der Waals surface area contributed by atoms with Crippen molar-refractivity contribution < 1.29 is 4.79 Å². The molecule has 106 valence electrons. The van der Waals surface area contributed by atoms with Crippen LogP contribution in [0.25, 0.3) is 5.65 Å². The Kier molecular flexibility index (Phi) is 3.90. The highest BCUT2D eigenvalue weighted by Gasteiger charge is 2.15. The Bertz CT molecular complexity index is 586. The van der Waals surface area contributed by atoms with Crippen molar-refractivity contribution in [2.45, 2.75) is 51.0 Å². The summed E-state index contributed by atoms with van der Waals surface area (Å²) in [6, 6.07) is 3.82. The topological polar surface area (TPSA) is 72.2 Å². The molecule has 0 saturated heterocycles. The number of nitrogens with zero attached hydrogens (tertiary/aromatic N) is 4. The monoisotopic (exact) mass is 273 g/mol. The molecule has 1 saturated carbocycles. The Morgan fingerprint density at radius 2 is 1.90 bits per heavy atom. The Labute approximate surface area is 117 Å². The predicted octanol–water partition coefficient (Wildman–Crippen LogP) is 1.97. The first-order chi connectivity index (χ1) is 9.83. The highest BCUT2D eigenvalue weighted by molar-refractivity contribution is 5.94. The van der Waals surface area contributed by atoms with Crippen LogP contribution in [0.1, 0.15) is 55.3 Å². The average molecular weight is 273 g/mol. The van der Waals surface area contributed by atoms with E-state index in [-0.39, 0.29) is 5.91 Å². The second-order valence-electron chi connectivity index (χ2n) is 5.41. The number of carbonyl (C=O) groups excluding carboxylic acids is 1. The lowest BCUT2D eigenvalue weighted by Crippen LogP contribution is -2.35. The molecular formula is C14H19N5O. The number of hydrogen-bond donors (Lipinski definition) is 1. The molecule has 0 aromatic carbocycles. The maximum Gasteiger partial charge on any atom is 0.253 e. The minimum absolute atomic E-state index is 0.0343. The smallest absolute Gasteiger partial charge is 0.253 e. The molecule has 0 aliphatic heterocycles. The molecule has 2 heterocycles. The third kappa shape index (κ3) is 2.95. The minimum atomic E-state index is -0.0343. The van der Waals surface area contributed by atoms with Gasteiger partial charge in [0.2, 0.25) is 0 Å². The molecule has 0 unspecified atom stereocenters. The van der Waals surface area contributed by atoms with Crippen LogP contribution in [0.4, 0.5) is 0 Å². The number of aromatic nitrogens is 4. The summed E-state index contributed by atoms with van der Waals surface area (Å²) in [7, 11) is 0. The third-order valence-electron chi connectivity index (χ3n) is 3.89. The number of nitrogens with one attached hydrogen (secondary N) is 1. The van der Waals surface area contributed by atoms with Gasteiger partial charge in [-0.25, -0.2) is 0 Å². The molecule has 0 atom stereocenters. The lowest BCUT2D eigenvalue weighted by atomic mass is 9.96. The van der Waals surface area contributed by atoms with Crippen molar-refractivity contribution in [3.63, 3.8) is 0 Å². The molecule has 2 aromatic heterocycles. The minimum Gasteiger partial charge on any atom is -0.349 e. The Hall–Kier alpha value is -1.98. The number of carbonyl (C=O) groups is 1. The van der Waals surface area contributed by atoms with Gasteiger partial charge < -0.3 is 5.32 Å². The van der Waals surface area contributed by atoms with Crippen molar-refractivity contribution >= 4 is 11.6 Å². The van der Waals surface area contributed by atoms with Crippen LogP contribution < -0.4 is 5.32 Å². The summed E-state index contributed by atoms with van der Waals surface area (Å²) < 4.78 is 1.52. The van der Waals surface area contributed by atoms with Crippen LogP contribution in [0.15, 0.2) is 18.3 Å². The van der Waals surface area contributed by atoms with Gasteiger partial charge in [-0.05, 0) is 35.4 Å². The number of hydrogen-bond acceptors (Lipinski definition) is 4.